The molecule has 2 aliphatic heterocycles. The van der Waals surface area contributed by atoms with E-state index in [4.69, 9.17) is 9.47 Å². The summed E-state index contributed by atoms with van der Waals surface area (Å²) < 4.78 is 10.9. The van der Waals surface area contributed by atoms with Crippen molar-refractivity contribution in [1.82, 2.24) is 10.2 Å². The third-order valence-electron chi connectivity index (χ3n) is 6.88. The van der Waals surface area contributed by atoms with E-state index < -0.39 is 0 Å². The lowest BCUT2D eigenvalue weighted by molar-refractivity contribution is -0.137. The van der Waals surface area contributed by atoms with E-state index in [1.807, 2.05) is 12.1 Å². The van der Waals surface area contributed by atoms with Gasteiger partial charge in [-0.25, -0.2) is 0 Å². The number of rotatable bonds is 6. The van der Waals surface area contributed by atoms with Gasteiger partial charge in [0.05, 0.1) is 12.5 Å². The van der Waals surface area contributed by atoms with Crippen molar-refractivity contribution in [3.05, 3.63) is 54.1 Å². The summed E-state index contributed by atoms with van der Waals surface area (Å²) in [6.45, 7) is 3.40. The quantitative estimate of drug-likeness (QED) is 0.767. The second-order valence-corrected chi connectivity index (χ2v) is 9.05. The molecule has 0 saturated carbocycles. The van der Waals surface area contributed by atoms with Gasteiger partial charge in [0.1, 0.15) is 5.75 Å². The van der Waals surface area contributed by atoms with Crippen molar-refractivity contribution in [1.29, 1.82) is 0 Å². The number of benzene rings is 2. The van der Waals surface area contributed by atoms with Crippen LogP contribution in [0.3, 0.4) is 0 Å². The Kier molecular flexibility index (Phi) is 6.93. The molecule has 0 bridgehead atoms. The van der Waals surface area contributed by atoms with Gasteiger partial charge in [-0.15, -0.1) is 0 Å². The van der Waals surface area contributed by atoms with E-state index in [2.05, 4.69) is 53.7 Å². The zero-order valence-corrected chi connectivity index (χ0v) is 18.7. The van der Waals surface area contributed by atoms with Crippen LogP contribution >= 0.6 is 0 Å². The number of methoxy groups -OCH3 is 1. The van der Waals surface area contributed by atoms with Crippen LogP contribution in [-0.4, -0.2) is 57.3 Å². The highest BCUT2D eigenvalue weighted by Crippen LogP contribution is 2.36. The van der Waals surface area contributed by atoms with Gasteiger partial charge in [-0.3, -0.25) is 4.79 Å². The van der Waals surface area contributed by atoms with E-state index in [-0.39, 0.29) is 17.4 Å². The fourth-order valence-corrected chi connectivity index (χ4v) is 4.77. The van der Waals surface area contributed by atoms with Crippen LogP contribution in [0.4, 0.5) is 0 Å². The molecule has 1 N–H and O–H groups in total. The number of carbonyl (C=O) groups is 1. The van der Waals surface area contributed by atoms with Gasteiger partial charge in [-0.2, -0.15) is 0 Å². The minimum Gasteiger partial charge on any atom is -0.497 e. The van der Waals surface area contributed by atoms with Gasteiger partial charge < -0.3 is 19.7 Å². The molecule has 2 fully saturated rings. The molecule has 0 spiro atoms. The number of hydrogen-bond acceptors (Lipinski definition) is 4. The summed E-state index contributed by atoms with van der Waals surface area (Å²) >= 11 is 0. The summed E-state index contributed by atoms with van der Waals surface area (Å²) in [6.07, 6.45) is 4.36. The van der Waals surface area contributed by atoms with Crippen molar-refractivity contribution in [2.75, 3.05) is 40.5 Å². The monoisotopic (exact) mass is 422 g/mol. The highest BCUT2D eigenvalue weighted by Gasteiger charge is 2.41. The zero-order valence-electron chi connectivity index (χ0n) is 18.7. The molecule has 5 heteroatoms. The van der Waals surface area contributed by atoms with Crippen LogP contribution in [0.1, 0.15) is 31.2 Å². The normalized spacial score (nSPS) is 19.7. The lowest BCUT2D eigenvalue weighted by atomic mass is 9.74. The number of piperidine rings is 1. The molecule has 5 nitrogen and oxygen atoms in total. The topological polar surface area (TPSA) is 50.8 Å². The van der Waals surface area contributed by atoms with Crippen molar-refractivity contribution < 1.29 is 14.3 Å². The molecule has 2 heterocycles. The number of nitrogens with zero attached hydrogens (tertiary/aromatic N) is 1. The number of likely N-dealkylation sites (tertiary alicyclic amines) is 1. The number of nitrogens with one attached hydrogen (secondary N) is 1. The Morgan fingerprint density at radius 3 is 2.48 bits per heavy atom. The minimum absolute atomic E-state index is 0.209. The molecule has 31 heavy (non-hydrogen) atoms. The van der Waals surface area contributed by atoms with Crippen LogP contribution in [0, 0.1) is 5.41 Å². The first-order valence-corrected chi connectivity index (χ1v) is 11.4. The Labute approximate surface area is 185 Å². The molecule has 0 radical (unpaired) electrons. The maximum atomic E-state index is 13.5. The summed E-state index contributed by atoms with van der Waals surface area (Å²) in [4.78, 5) is 15.8. The van der Waals surface area contributed by atoms with E-state index in [1.54, 1.807) is 7.11 Å². The first-order valence-electron chi connectivity index (χ1n) is 11.4. The van der Waals surface area contributed by atoms with Crippen LogP contribution in [0.25, 0.3) is 11.1 Å². The highest BCUT2D eigenvalue weighted by molar-refractivity contribution is 5.83. The third-order valence-corrected chi connectivity index (χ3v) is 6.88. The number of amides is 1. The molecular formula is C26H34N2O3. The summed E-state index contributed by atoms with van der Waals surface area (Å²) in [5.41, 5.74) is 3.13. The molecule has 166 valence electrons. The summed E-state index contributed by atoms with van der Waals surface area (Å²) in [5, 5.41) is 3.39. The van der Waals surface area contributed by atoms with Crippen molar-refractivity contribution in [3.8, 4) is 16.9 Å². The summed E-state index contributed by atoms with van der Waals surface area (Å²) in [5.74, 6) is 1.06. The van der Waals surface area contributed by atoms with Crippen LogP contribution in [-0.2, 0) is 16.0 Å². The Morgan fingerprint density at radius 1 is 1.10 bits per heavy atom. The fourth-order valence-electron chi connectivity index (χ4n) is 4.77. The molecule has 0 aromatic heterocycles. The number of hydrogen-bond donors (Lipinski definition) is 1. The second-order valence-electron chi connectivity index (χ2n) is 9.05. The first-order chi connectivity index (χ1) is 15.1. The van der Waals surface area contributed by atoms with Crippen LogP contribution in [0.5, 0.6) is 5.75 Å². The summed E-state index contributed by atoms with van der Waals surface area (Å²) in [7, 11) is 3.83. The van der Waals surface area contributed by atoms with Gasteiger partial charge in [-0.05, 0) is 81.1 Å². The Balaban J connectivity index is 1.51. The Bertz CT molecular complexity index is 866. The Morgan fingerprint density at radius 2 is 1.81 bits per heavy atom. The first kappa shape index (κ1) is 21.8. The van der Waals surface area contributed by atoms with E-state index in [1.165, 1.54) is 5.56 Å². The molecule has 0 unspecified atom stereocenters. The van der Waals surface area contributed by atoms with Gasteiger partial charge in [0, 0.05) is 19.3 Å². The maximum absolute atomic E-state index is 13.5. The lowest BCUT2D eigenvalue weighted by Crippen LogP contribution is -2.51. The maximum Gasteiger partial charge on any atom is 0.226 e. The van der Waals surface area contributed by atoms with E-state index in [0.29, 0.717) is 13.2 Å². The van der Waals surface area contributed by atoms with Gasteiger partial charge in [0.2, 0.25) is 5.91 Å². The van der Waals surface area contributed by atoms with Gasteiger partial charge in [-0.1, -0.05) is 36.4 Å². The zero-order chi connectivity index (χ0) is 21.7. The van der Waals surface area contributed by atoms with E-state index >= 15 is 0 Å². The van der Waals surface area contributed by atoms with E-state index in [0.717, 1.165) is 62.1 Å². The van der Waals surface area contributed by atoms with Crippen molar-refractivity contribution in [2.24, 2.45) is 5.41 Å². The molecule has 4 rings (SSSR count). The Hall–Kier alpha value is -2.37. The molecule has 2 aromatic carbocycles. The SMILES string of the molecule is COc1ccc(-c2cccc(CC3(C(=O)NC4CCN(C)CC4)CCOCC3)c2)cc1. The number of ether oxygens (including phenoxy) is 2. The molecule has 1 amide bonds. The average molecular weight is 423 g/mol. The third kappa shape index (κ3) is 5.28. The second kappa shape index (κ2) is 9.84. The molecule has 0 aliphatic carbocycles. The van der Waals surface area contributed by atoms with Crippen LogP contribution < -0.4 is 10.1 Å². The largest absolute Gasteiger partial charge is 0.497 e. The predicted octanol–water partition coefficient (Wildman–Crippen LogP) is 3.91. The molecule has 2 saturated heterocycles. The van der Waals surface area contributed by atoms with Crippen molar-refractivity contribution in [3.63, 3.8) is 0 Å². The van der Waals surface area contributed by atoms with Crippen molar-refractivity contribution in [2.45, 2.75) is 38.1 Å². The molecular weight excluding hydrogens is 388 g/mol. The molecule has 2 aromatic rings. The van der Waals surface area contributed by atoms with Gasteiger partial charge in [0.25, 0.3) is 0 Å². The van der Waals surface area contributed by atoms with Crippen LogP contribution in [0.2, 0.25) is 0 Å². The average Bonchev–Trinajstić information content (AvgIpc) is 2.81. The molecule has 0 atom stereocenters. The minimum atomic E-state index is -0.389. The fraction of sp³-hybridized carbons (Fsp3) is 0.500. The molecule has 2 aliphatic rings. The van der Waals surface area contributed by atoms with Gasteiger partial charge >= 0.3 is 0 Å². The van der Waals surface area contributed by atoms with E-state index in [9.17, 15) is 4.79 Å². The predicted molar refractivity (Wildman–Crippen MR) is 123 cm³/mol. The number of carbonyl (C=O) groups excluding carboxylic acids is 1. The van der Waals surface area contributed by atoms with Gasteiger partial charge in [0.15, 0.2) is 0 Å². The van der Waals surface area contributed by atoms with Crippen molar-refractivity contribution >= 4 is 5.91 Å². The lowest BCUT2D eigenvalue weighted by Gasteiger charge is -2.38. The van der Waals surface area contributed by atoms with Crippen LogP contribution in [0.15, 0.2) is 48.5 Å². The standard InChI is InChI=1S/C26H34N2O3/c1-28-14-10-23(11-15-28)27-25(29)26(12-16-31-17-13-26)19-20-4-3-5-22(18-20)21-6-8-24(30-2)9-7-21/h3-9,18,23H,10-17,19H2,1-2H3,(H,27,29). The smallest absolute Gasteiger partial charge is 0.226 e. The highest BCUT2D eigenvalue weighted by atomic mass is 16.5. The summed E-state index contributed by atoms with van der Waals surface area (Å²) in [6, 6.07) is 17.0.